The molecule has 3 atom stereocenters. The fourth-order valence-corrected chi connectivity index (χ4v) is 1.92. The van der Waals surface area contributed by atoms with Crippen LogP contribution in [0.1, 0.15) is 26.7 Å². The van der Waals surface area contributed by atoms with Crippen molar-refractivity contribution >= 4 is 17.8 Å². The summed E-state index contributed by atoms with van der Waals surface area (Å²) in [6.07, 6.45) is 0.819. The largest absolute Gasteiger partial charge is 0.469 e. The van der Waals surface area contributed by atoms with Gasteiger partial charge in [-0.3, -0.25) is 19.3 Å². The highest BCUT2D eigenvalue weighted by Gasteiger charge is 2.34. The topological polar surface area (TPSA) is 75.7 Å². The smallest absolute Gasteiger partial charge is 0.309 e. The van der Waals surface area contributed by atoms with Crippen molar-refractivity contribution in [2.24, 2.45) is 5.92 Å². The van der Waals surface area contributed by atoms with E-state index >= 15 is 0 Å². The van der Waals surface area contributed by atoms with E-state index in [1.54, 1.807) is 6.92 Å². The summed E-state index contributed by atoms with van der Waals surface area (Å²) in [4.78, 5) is 35.7. The third-order valence-electron chi connectivity index (χ3n) is 3.44. The zero-order valence-corrected chi connectivity index (χ0v) is 11.2. The second-order valence-electron chi connectivity index (χ2n) is 4.65. The number of imide groups is 1. The fraction of sp³-hybridized carbons (Fsp3) is 0.750. The van der Waals surface area contributed by atoms with Gasteiger partial charge in [-0.25, -0.2) is 0 Å². The molecule has 2 amide bonds. The Morgan fingerprint density at radius 1 is 1.44 bits per heavy atom. The van der Waals surface area contributed by atoms with E-state index in [4.69, 9.17) is 0 Å². The van der Waals surface area contributed by atoms with Crippen LogP contribution in [0.5, 0.6) is 0 Å². The van der Waals surface area contributed by atoms with Gasteiger partial charge in [0.15, 0.2) is 0 Å². The van der Waals surface area contributed by atoms with Crippen LogP contribution in [-0.2, 0) is 19.1 Å². The minimum Gasteiger partial charge on any atom is -0.469 e. The van der Waals surface area contributed by atoms with Gasteiger partial charge >= 0.3 is 5.97 Å². The van der Waals surface area contributed by atoms with Crippen molar-refractivity contribution in [3.05, 3.63) is 0 Å². The molecule has 102 valence electrons. The molecule has 0 aromatic rings. The van der Waals surface area contributed by atoms with E-state index in [0.29, 0.717) is 12.8 Å². The highest BCUT2D eigenvalue weighted by atomic mass is 16.5. The molecule has 1 fully saturated rings. The maximum Gasteiger partial charge on any atom is 0.309 e. The van der Waals surface area contributed by atoms with Crippen molar-refractivity contribution in [1.82, 2.24) is 10.2 Å². The molecule has 1 saturated heterocycles. The number of esters is 1. The summed E-state index contributed by atoms with van der Waals surface area (Å²) in [5.74, 6) is -1.06. The predicted molar refractivity (Wildman–Crippen MR) is 64.6 cm³/mol. The van der Waals surface area contributed by atoms with Gasteiger partial charge in [-0.15, -0.1) is 0 Å². The van der Waals surface area contributed by atoms with Crippen LogP contribution in [0.15, 0.2) is 0 Å². The lowest BCUT2D eigenvalue weighted by Gasteiger charge is -2.31. The minimum absolute atomic E-state index is 0.160. The average molecular weight is 256 g/mol. The van der Waals surface area contributed by atoms with Crippen molar-refractivity contribution in [2.45, 2.75) is 38.8 Å². The first-order valence-corrected chi connectivity index (χ1v) is 6.02. The van der Waals surface area contributed by atoms with Gasteiger partial charge in [-0.1, -0.05) is 6.92 Å². The Bertz CT molecular complexity index is 356. The SMILES string of the molecule is COC(=O)C(C)C(C)NC1CCC(=O)N(C)C1=O. The van der Waals surface area contributed by atoms with Gasteiger partial charge in [0.1, 0.15) is 0 Å². The van der Waals surface area contributed by atoms with E-state index < -0.39 is 6.04 Å². The number of nitrogens with one attached hydrogen (secondary N) is 1. The summed E-state index contributed by atoms with van der Waals surface area (Å²) in [5.41, 5.74) is 0. The summed E-state index contributed by atoms with van der Waals surface area (Å²) in [6.45, 7) is 3.57. The Morgan fingerprint density at radius 2 is 2.06 bits per heavy atom. The molecule has 0 saturated carbocycles. The number of amides is 2. The van der Waals surface area contributed by atoms with Crippen molar-refractivity contribution < 1.29 is 19.1 Å². The molecule has 0 aromatic carbocycles. The standard InChI is InChI=1S/C12H20N2O4/c1-7(12(17)18-4)8(2)13-9-5-6-10(15)14(3)11(9)16/h7-9,13H,5-6H2,1-4H3. The lowest BCUT2D eigenvalue weighted by molar-refractivity contribution is -0.150. The Labute approximate surface area is 107 Å². The molecule has 0 radical (unpaired) electrons. The van der Waals surface area contributed by atoms with E-state index in [1.807, 2.05) is 6.92 Å². The van der Waals surface area contributed by atoms with Crippen LogP contribution in [0.3, 0.4) is 0 Å². The molecule has 1 aliphatic rings. The lowest BCUT2D eigenvalue weighted by atomic mass is 9.99. The van der Waals surface area contributed by atoms with Gasteiger partial charge in [0.05, 0.1) is 19.1 Å². The first-order valence-electron chi connectivity index (χ1n) is 6.02. The third kappa shape index (κ3) is 3.07. The highest BCUT2D eigenvalue weighted by molar-refractivity contribution is 6.00. The molecule has 6 heteroatoms. The number of hydrogen-bond acceptors (Lipinski definition) is 5. The molecule has 6 nitrogen and oxygen atoms in total. The van der Waals surface area contributed by atoms with Crippen molar-refractivity contribution in [3.63, 3.8) is 0 Å². The lowest BCUT2D eigenvalue weighted by Crippen LogP contribution is -2.55. The van der Waals surface area contributed by atoms with Gasteiger partial charge in [0.25, 0.3) is 0 Å². The Kier molecular flexibility index (Phi) is 4.84. The number of piperidine rings is 1. The summed E-state index contributed by atoms with van der Waals surface area (Å²) in [6, 6.07) is -0.595. The first-order chi connectivity index (χ1) is 8.38. The number of rotatable bonds is 4. The Hall–Kier alpha value is -1.43. The molecule has 18 heavy (non-hydrogen) atoms. The summed E-state index contributed by atoms with van der Waals surface area (Å²) >= 11 is 0. The van der Waals surface area contributed by atoms with Gasteiger partial charge in [0.2, 0.25) is 11.8 Å². The van der Waals surface area contributed by atoms with E-state index in [-0.39, 0.29) is 29.7 Å². The molecular formula is C12H20N2O4. The predicted octanol–water partition coefficient (Wildman–Crippen LogP) is -0.0790. The molecule has 0 aromatic heterocycles. The second kappa shape index (κ2) is 5.95. The van der Waals surface area contributed by atoms with Crippen LogP contribution in [0, 0.1) is 5.92 Å². The summed E-state index contributed by atoms with van der Waals surface area (Å²) in [5, 5.41) is 3.09. The average Bonchev–Trinajstić information content (AvgIpc) is 2.37. The van der Waals surface area contributed by atoms with E-state index in [0.717, 1.165) is 4.90 Å². The maximum absolute atomic E-state index is 11.9. The summed E-state index contributed by atoms with van der Waals surface area (Å²) in [7, 11) is 2.82. The number of likely N-dealkylation sites (tertiary alicyclic amines) is 1. The van der Waals surface area contributed by atoms with E-state index in [9.17, 15) is 14.4 Å². The Morgan fingerprint density at radius 3 is 2.61 bits per heavy atom. The van der Waals surface area contributed by atoms with Crippen LogP contribution < -0.4 is 5.32 Å². The highest BCUT2D eigenvalue weighted by Crippen LogP contribution is 2.14. The minimum atomic E-state index is -0.408. The first kappa shape index (κ1) is 14.6. The maximum atomic E-state index is 11.9. The molecule has 1 heterocycles. The van der Waals surface area contributed by atoms with E-state index in [2.05, 4.69) is 10.1 Å². The number of hydrogen-bond donors (Lipinski definition) is 1. The van der Waals surface area contributed by atoms with Crippen LogP contribution in [0.25, 0.3) is 0 Å². The number of carbonyl (C=O) groups is 3. The van der Waals surface area contributed by atoms with Crippen LogP contribution in [0.2, 0.25) is 0 Å². The number of ether oxygens (including phenoxy) is 1. The zero-order valence-electron chi connectivity index (χ0n) is 11.2. The number of carbonyl (C=O) groups excluding carboxylic acids is 3. The number of likely N-dealkylation sites (N-methyl/N-ethyl adjacent to an activating group) is 1. The summed E-state index contributed by atoms with van der Waals surface area (Å²) < 4.78 is 4.66. The Balaban J connectivity index is 2.59. The second-order valence-corrected chi connectivity index (χ2v) is 4.65. The molecule has 0 spiro atoms. The molecule has 1 aliphatic heterocycles. The molecule has 1 N–H and O–H groups in total. The van der Waals surface area contributed by atoms with Gasteiger partial charge in [-0.2, -0.15) is 0 Å². The van der Waals surface area contributed by atoms with Gasteiger partial charge < -0.3 is 10.1 Å². The molecular weight excluding hydrogens is 236 g/mol. The van der Waals surface area contributed by atoms with Gasteiger partial charge in [-0.05, 0) is 13.3 Å². The fourth-order valence-electron chi connectivity index (χ4n) is 1.92. The van der Waals surface area contributed by atoms with Crippen LogP contribution in [0.4, 0.5) is 0 Å². The zero-order chi connectivity index (χ0) is 13.9. The monoisotopic (exact) mass is 256 g/mol. The van der Waals surface area contributed by atoms with Crippen molar-refractivity contribution in [1.29, 1.82) is 0 Å². The van der Waals surface area contributed by atoms with Crippen molar-refractivity contribution in [2.75, 3.05) is 14.2 Å². The third-order valence-corrected chi connectivity index (χ3v) is 3.44. The molecule has 0 bridgehead atoms. The number of nitrogens with zero attached hydrogens (tertiary/aromatic N) is 1. The van der Waals surface area contributed by atoms with Crippen LogP contribution in [-0.4, -0.2) is 48.9 Å². The van der Waals surface area contributed by atoms with Crippen molar-refractivity contribution in [3.8, 4) is 0 Å². The van der Waals surface area contributed by atoms with E-state index in [1.165, 1.54) is 14.2 Å². The normalized spacial score (nSPS) is 23.8. The van der Waals surface area contributed by atoms with Gasteiger partial charge in [0, 0.05) is 19.5 Å². The number of methoxy groups -OCH3 is 1. The molecule has 3 unspecified atom stereocenters. The quantitative estimate of drug-likeness (QED) is 0.562. The molecule has 0 aliphatic carbocycles. The van der Waals surface area contributed by atoms with Crippen LogP contribution >= 0.6 is 0 Å². The molecule has 1 rings (SSSR count).